The van der Waals surface area contributed by atoms with Gasteiger partial charge in [-0.1, -0.05) is 29.4 Å². The second-order valence-corrected chi connectivity index (χ2v) is 3.47. The normalized spacial score (nSPS) is 10.3. The fraction of sp³-hybridized carbons (Fsp3) is 0.167. The van der Waals surface area contributed by atoms with Gasteiger partial charge in [0.25, 0.3) is 0 Å². The predicted molar refractivity (Wildman–Crippen MR) is 56.7 cm³/mol. The number of carbonyl (C=O) groups excluding carboxylic acids is 1. The van der Waals surface area contributed by atoms with Gasteiger partial charge >= 0.3 is 0 Å². The van der Waals surface area contributed by atoms with E-state index < -0.39 is 0 Å². The van der Waals surface area contributed by atoms with Gasteiger partial charge in [0.05, 0.1) is 5.69 Å². The molecular weight excluding hydrogens is 190 g/mol. The molecule has 0 amide bonds. The van der Waals surface area contributed by atoms with Gasteiger partial charge in [-0.25, -0.2) is 0 Å². The summed E-state index contributed by atoms with van der Waals surface area (Å²) in [6.07, 6.45) is 0. The van der Waals surface area contributed by atoms with E-state index in [0.717, 1.165) is 17.0 Å². The maximum absolute atomic E-state index is 11.1. The van der Waals surface area contributed by atoms with Gasteiger partial charge in [-0.15, -0.1) is 0 Å². The quantitative estimate of drug-likeness (QED) is 0.701. The van der Waals surface area contributed by atoms with Crippen LogP contribution >= 0.6 is 0 Å². The van der Waals surface area contributed by atoms with Crippen molar-refractivity contribution in [3.8, 4) is 11.3 Å². The fourth-order valence-electron chi connectivity index (χ4n) is 1.37. The Morgan fingerprint density at radius 3 is 2.40 bits per heavy atom. The minimum atomic E-state index is 0.0651. The van der Waals surface area contributed by atoms with Crippen molar-refractivity contribution in [2.24, 2.45) is 0 Å². The van der Waals surface area contributed by atoms with Gasteiger partial charge in [0, 0.05) is 17.2 Å². The highest BCUT2D eigenvalue weighted by atomic mass is 16.5. The number of nitrogens with zero attached hydrogens (tertiary/aromatic N) is 1. The molecule has 1 aromatic carbocycles. The van der Waals surface area contributed by atoms with E-state index in [-0.39, 0.29) is 5.78 Å². The van der Waals surface area contributed by atoms with Crippen LogP contribution in [0.4, 0.5) is 0 Å². The zero-order valence-corrected chi connectivity index (χ0v) is 8.65. The van der Waals surface area contributed by atoms with Crippen molar-refractivity contribution in [1.29, 1.82) is 0 Å². The van der Waals surface area contributed by atoms with E-state index in [1.54, 1.807) is 19.1 Å². The number of hydrogen-bond donors (Lipinski definition) is 0. The van der Waals surface area contributed by atoms with Gasteiger partial charge in [-0.05, 0) is 13.8 Å². The zero-order chi connectivity index (χ0) is 10.8. The topological polar surface area (TPSA) is 43.1 Å². The molecule has 1 aromatic heterocycles. The molecule has 0 atom stereocenters. The van der Waals surface area contributed by atoms with Crippen molar-refractivity contribution in [1.82, 2.24) is 5.16 Å². The lowest BCUT2D eigenvalue weighted by molar-refractivity contribution is 0.101. The van der Waals surface area contributed by atoms with Gasteiger partial charge in [-0.2, -0.15) is 0 Å². The number of aryl methyl sites for hydroxylation is 1. The number of benzene rings is 1. The number of carbonyl (C=O) groups is 1. The van der Waals surface area contributed by atoms with Crippen molar-refractivity contribution >= 4 is 5.78 Å². The summed E-state index contributed by atoms with van der Waals surface area (Å²) in [4.78, 5) is 11.1. The highest BCUT2D eigenvalue weighted by Crippen LogP contribution is 2.20. The van der Waals surface area contributed by atoms with Crippen molar-refractivity contribution in [3.05, 3.63) is 41.6 Å². The molecule has 3 nitrogen and oxygen atoms in total. The van der Waals surface area contributed by atoms with Crippen molar-refractivity contribution in [3.63, 3.8) is 0 Å². The monoisotopic (exact) mass is 201 g/mol. The molecule has 0 unspecified atom stereocenters. The number of aromatic nitrogens is 1. The molecule has 0 saturated carbocycles. The van der Waals surface area contributed by atoms with Crippen LogP contribution in [-0.2, 0) is 0 Å². The molecular formula is C12H11NO2. The summed E-state index contributed by atoms with van der Waals surface area (Å²) in [6.45, 7) is 3.42. The minimum Gasteiger partial charge on any atom is -0.356 e. The molecule has 15 heavy (non-hydrogen) atoms. The second-order valence-electron chi connectivity index (χ2n) is 3.47. The minimum absolute atomic E-state index is 0.0651. The summed E-state index contributed by atoms with van der Waals surface area (Å²) < 4.78 is 5.12. The molecule has 0 aliphatic heterocycles. The first kappa shape index (κ1) is 9.65. The Labute approximate surface area is 87.7 Å². The predicted octanol–water partition coefficient (Wildman–Crippen LogP) is 2.85. The van der Waals surface area contributed by atoms with Gasteiger partial charge in [-0.3, -0.25) is 4.79 Å². The summed E-state index contributed by atoms with van der Waals surface area (Å²) in [7, 11) is 0. The lowest BCUT2D eigenvalue weighted by Gasteiger charge is -1.97. The summed E-state index contributed by atoms with van der Waals surface area (Å²) in [5, 5.41) is 3.81. The van der Waals surface area contributed by atoms with Crippen LogP contribution < -0.4 is 0 Å². The Hall–Kier alpha value is -1.90. The van der Waals surface area contributed by atoms with E-state index in [1.165, 1.54) is 0 Å². The summed E-state index contributed by atoms with van der Waals surface area (Å²) in [5.41, 5.74) is 2.48. The van der Waals surface area contributed by atoms with Crippen molar-refractivity contribution in [2.75, 3.05) is 0 Å². The first-order chi connectivity index (χ1) is 7.16. The molecule has 0 N–H and O–H groups in total. The Bertz CT molecular complexity index is 483. The molecule has 2 rings (SSSR count). The Kier molecular flexibility index (Phi) is 2.37. The van der Waals surface area contributed by atoms with Crippen LogP contribution in [0, 0.1) is 6.92 Å². The molecule has 1 heterocycles. The molecule has 0 saturated heterocycles. The van der Waals surface area contributed by atoms with Crippen LogP contribution in [0.1, 0.15) is 23.0 Å². The van der Waals surface area contributed by atoms with Crippen LogP contribution in [0.3, 0.4) is 0 Å². The third-order valence-corrected chi connectivity index (χ3v) is 2.20. The highest BCUT2D eigenvalue weighted by Gasteiger charge is 2.05. The largest absolute Gasteiger partial charge is 0.356 e. The molecule has 3 heteroatoms. The van der Waals surface area contributed by atoms with E-state index in [9.17, 15) is 4.79 Å². The molecule has 0 radical (unpaired) electrons. The van der Waals surface area contributed by atoms with Gasteiger partial charge in [0.2, 0.25) is 0 Å². The van der Waals surface area contributed by atoms with E-state index >= 15 is 0 Å². The molecule has 76 valence electrons. The third-order valence-electron chi connectivity index (χ3n) is 2.20. The number of ketones is 1. The Balaban J connectivity index is 2.35. The zero-order valence-electron chi connectivity index (χ0n) is 8.65. The molecule has 0 aliphatic rings. The van der Waals surface area contributed by atoms with Crippen LogP contribution in [0.2, 0.25) is 0 Å². The average Bonchev–Trinajstić information content (AvgIpc) is 2.65. The van der Waals surface area contributed by atoms with E-state index in [1.807, 2.05) is 25.1 Å². The lowest BCUT2D eigenvalue weighted by Crippen LogP contribution is -1.90. The second kappa shape index (κ2) is 3.69. The van der Waals surface area contributed by atoms with Gasteiger partial charge in [0.15, 0.2) is 11.5 Å². The first-order valence-electron chi connectivity index (χ1n) is 4.71. The number of hydrogen-bond acceptors (Lipinski definition) is 3. The van der Waals surface area contributed by atoms with Crippen LogP contribution in [-0.4, -0.2) is 10.9 Å². The smallest absolute Gasteiger partial charge is 0.167 e. The summed E-state index contributed by atoms with van der Waals surface area (Å²) >= 11 is 0. The summed E-state index contributed by atoms with van der Waals surface area (Å²) in [6, 6.07) is 9.15. The van der Waals surface area contributed by atoms with E-state index in [0.29, 0.717) is 5.56 Å². The maximum atomic E-state index is 11.1. The lowest BCUT2D eigenvalue weighted by atomic mass is 10.1. The first-order valence-corrected chi connectivity index (χ1v) is 4.71. The highest BCUT2D eigenvalue weighted by molar-refractivity contribution is 5.94. The van der Waals surface area contributed by atoms with E-state index in [2.05, 4.69) is 5.16 Å². The molecule has 0 fully saturated rings. The standard InChI is InChI=1S/C12H11NO2/c1-8-7-12(15-13-8)11-5-3-10(4-6-11)9(2)14/h3-7H,1-2H3. The van der Waals surface area contributed by atoms with Crippen molar-refractivity contribution in [2.45, 2.75) is 13.8 Å². The average molecular weight is 201 g/mol. The Morgan fingerprint density at radius 1 is 1.27 bits per heavy atom. The molecule has 0 bridgehead atoms. The molecule has 2 aromatic rings. The van der Waals surface area contributed by atoms with Gasteiger partial charge in [0.1, 0.15) is 0 Å². The SMILES string of the molecule is CC(=O)c1ccc(-c2cc(C)no2)cc1. The van der Waals surface area contributed by atoms with Crippen molar-refractivity contribution < 1.29 is 9.32 Å². The summed E-state index contributed by atoms with van der Waals surface area (Å²) in [5.74, 6) is 0.790. The number of Topliss-reactive ketones (excluding diaryl/α,β-unsaturated/α-hetero) is 1. The van der Waals surface area contributed by atoms with E-state index in [4.69, 9.17) is 4.52 Å². The fourth-order valence-corrected chi connectivity index (χ4v) is 1.37. The van der Waals surface area contributed by atoms with Crippen LogP contribution in [0.25, 0.3) is 11.3 Å². The molecule has 0 spiro atoms. The maximum Gasteiger partial charge on any atom is 0.167 e. The third kappa shape index (κ3) is 1.96. The number of rotatable bonds is 2. The van der Waals surface area contributed by atoms with Crippen LogP contribution in [0.15, 0.2) is 34.9 Å². The molecule has 0 aliphatic carbocycles. The van der Waals surface area contributed by atoms with Crippen LogP contribution in [0.5, 0.6) is 0 Å². The Morgan fingerprint density at radius 2 is 1.93 bits per heavy atom. The van der Waals surface area contributed by atoms with Gasteiger partial charge < -0.3 is 4.52 Å².